The molecule has 0 saturated heterocycles. The topological polar surface area (TPSA) is 20.3 Å². The molecule has 5 heteroatoms. The minimum absolute atomic E-state index is 0.0586. The second-order valence-corrected chi connectivity index (χ2v) is 7.55. The first-order valence-electron chi connectivity index (χ1n) is 6.37. The molecule has 1 aromatic carbocycles. The zero-order valence-electron chi connectivity index (χ0n) is 10.7. The van der Waals surface area contributed by atoms with E-state index in [0.29, 0.717) is 0 Å². The molecule has 104 valence electrons. The molecule has 1 aliphatic carbocycles. The van der Waals surface area contributed by atoms with E-state index in [1.54, 1.807) is 0 Å². The Morgan fingerprint density at radius 3 is 2.79 bits per heavy atom. The van der Waals surface area contributed by atoms with E-state index in [1.165, 1.54) is 6.42 Å². The predicted octanol–water partition coefficient (Wildman–Crippen LogP) is 4.68. The molecule has 2 nitrogen and oxygen atoms in total. The minimum atomic E-state index is 0.0586. The second kappa shape index (κ2) is 6.76. The second-order valence-electron chi connectivity index (χ2n) is 4.91. The standard InChI is InChI=1S/C14H16BrClINO/c1-18(13-5-3-2-4-11(13)16)14(19)10-8-9(15)6-7-12(10)17/h6-8,11,13H,2-5H2,1H3. The zero-order chi connectivity index (χ0) is 14.0. The van der Waals surface area contributed by atoms with Crippen molar-refractivity contribution in [2.75, 3.05) is 7.05 Å². The molecule has 1 fully saturated rings. The maximum absolute atomic E-state index is 12.6. The van der Waals surface area contributed by atoms with Gasteiger partial charge in [-0.05, 0) is 53.6 Å². The van der Waals surface area contributed by atoms with Crippen molar-refractivity contribution in [2.24, 2.45) is 0 Å². The monoisotopic (exact) mass is 455 g/mol. The fourth-order valence-corrected chi connectivity index (χ4v) is 3.88. The fraction of sp³-hybridized carbons (Fsp3) is 0.500. The van der Waals surface area contributed by atoms with Crippen LogP contribution in [0.25, 0.3) is 0 Å². The Hall–Kier alpha value is 0.190. The van der Waals surface area contributed by atoms with E-state index in [-0.39, 0.29) is 17.3 Å². The molecule has 0 bridgehead atoms. The lowest BCUT2D eigenvalue weighted by atomic mass is 9.93. The van der Waals surface area contributed by atoms with Crippen LogP contribution in [0.3, 0.4) is 0 Å². The van der Waals surface area contributed by atoms with E-state index >= 15 is 0 Å². The van der Waals surface area contributed by atoms with Crippen LogP contribution in [-0.4, -0.2) is 29.3 Å². The summed E-state index contributed by atoms with van der Waals surface area (Å²) in [5, 5.41) is 0.0764. The molecule has 1 saturated carbocycles. The maximum atomic E-state index is 12.6. The summed E-state index contributed by atoms with van der Waals surface area (Å²) < 4.78 is 1.90. The van der Waals surface area contributed by atoms with Gasteiger partial charge in [-0.15, -0.1) is 11.6 Å². The van der Waals surface area contributed by atoms with E-state index in [2.05, 4.69) is 38.5 Å². The number of hydrogen-bond donors (Lipinski definition) is 0. The van der Waals surface area contributed by atoms with Crippen molar-refractivity contribution in [3.05, 3.63) is 31.8 Å². The van der Waals surface area contributed by atoms with Crippen LogP contribution in [0.15, 0.2) is 22.7 Å². The molecule has 0 heterocycles. The molecular weight excluding hydrogens is 440 g/mol. The average molecular weight is 457 g/mol. The first-order chi connectivity index (χ1) is 9.00. The van der Waals surface area contributed by atoms with Gasteiger partial charge in [0.1, 0.15) is 0 Å². The molecule has 19 heavy (non-hydrogen) atoms. The third kappa shape index (κ3) is 3.64. The van der Waals surface area contributed by atoms with E-state index < -0.39 is 0 Å². The van der Waals surface area contributed by atoms with Gasteiger partial charge in [0.05, 0.1) is 10.9 Å². The van der Waals surface area contributed by atoms with Crippen molar-refractivity contribution in [2.45, 2.75) is 37.1 Å². The van der Waals surface area contributed by atoms with Crippen LogP contribution in [-0.2, 0) is 0 Å². The molecule has 2 unspecified atom stereocenters. The zero-order valence-corrected chi connectivity index (χ0v) is 15.2. The maximum Gasteiger partial charge on any atom is 0.255 e. The largest absolute Gasteiger partial charge is 0.337 e. The van der Waals surface area contributed by atoms with Gasteiger partial charge in [-0.2, -0.15) is 0 Å². The quantitative estimate of drug-likeness (QED) is 0.468. The van der Waals surface area contributed by atoms with Gasteiger partial charge in [0.2, 0.25) is 0 Å². The highest BCUT2D eigenvalue weighted by molar-refractivity contribution is 14.1. The summed E-state index contributed by atoms with van der Waals surface area (Å²) in [5.41, 5.74) is 0.743. The van der Waals surface area contributed by atoms with Gasteiger partial charge in [-0.1, -0.05) is 28.8 Å². The summed E-state index contributed by atoms with van der Waals surface area (Å²) in [6, 6.07) is 5.93. The highest BCUT2D eigenvalue weighted by Gasteiger charge is 2.30. The predicted molar refractivity (Wildman–Crippen MR) is 90.8 cm³/mol. The van der Waals surface area contributed by atoms with E-state index in [1.807, 2.05) is 30.1 Å². The molecule has 1 aliphatic rings. The summed E-state index contributed by atoms with van der Waals surface area (Å²) in [6.07, 6.45) is 4.32. The van der Waals surface area contributed by atoms with Gasteiger partial charge >= 0.3 is 0 Å². The molecule has 0 aromatic heterocycles. The number of alkyl halides is 1. The van der Waals surface area contributed by atoms with Gasteiger partial charge in [0, 0.05) is 21.1 Å². The first-order valence-corrected chi connectivity index (χ1v) is 8.68. The molecule has 0 spiro atoms. The summed E-state index contributed by atoms with van der Waals surface area (Å²) in [5.74, 6) is 0.0586. The van der Waals surface area contributed by atoms with Crippen molar-refractivity contribution in [3.63, 3.8) is 0 Å². The molecule has 0 radical (unpaired) electrons. The average Bonchev–Trinajstić information content (AvgIpc) is 2.40. The third-order valence-corrected chi connectivity index (χ3v) is 5.57. The van der Waals surface area contributed by atoms with E-state index in [4.69, 9.17) is 11.6 Å². The Morgan fingerprint density at radius 1 is 1.42 bits per heavy atom. The van der Waals surface area contributed by atoms with Crippen LogP contribution in [0.5, 0.6) is 0 Å². The number of carbonyl (C=O) groups excluding carboxylic acids is 1. The van der Waals surface area contributed by atoms with Crippen molar-refractivity contribution in [3.8, 4) is 0 Å². The van der Waals surface area contributed by atoms with Crippen LogP contribution in [0, 0.1) is 3.57 Å². The van der Waals surface area contributed by atoms with E-state index in [0.717, 1.165) is 32.9 Å². The fourth-order valence-electron chi connectivity index (χ4n) is 2.50. The number of rotatable bonds is 2. The molecule has 2 rings (SSSR count). The lowest BCUT2D eigenvalue weighted by molar-refractivity contribution is 0.0699. The van der Waals surface area contributed by atoms with Crippen LogP contribution in [0.1, 0.15) is 36.0 Å². The summed E-state index contributed by atoms with van der Waals surface area (Å²) in [7, 11) is 1.87. The van der Waals surface area contributed by atoms with E-state index in [9.17, 15) is 4.79 Å². The molecule has 1 aromatic rings. The van der Waals surface area contributed by atoms with Gasteiger partial charge in [-0.3, -0.25) is 4.79 Å². The summed E-state index contributed by atoms with van der Waals surface area (Å²) in [4.78, 5) is 14.4. The number of hydrogen-bond acceptors (Lipinski definition) is 1. The first kappa shape index (κ1) is 15.6. The number of amides is 1. The van der Waals surface area contributed by atoms with Crippen LogP contribution in [0.4, 0.5) is 0 Å². The minimum Gasteiger partial charge on any atom is -0.337 e. The van der Waals surface area contributed by atoms with Crippen LogP contribution >= 0.6 is 50.1 Å². The molecule has 2 atom stereocenters. The Bertz CT molecular complexity index is 483. The Morgan fingerprint density at radius 2 is 2.11 bits per heavy atom. The highest BCUT2D eigenvalue weighted by Crippen LogP contribution is 2.28. The highest BCUT2D eigenvalue weighted by atomic mass is 127. The number of benzene rings is 1. The molecular formula is C14H16BrClINO. The Balaban J connectivity index is 2.20. The van der Waals surface area contributed by atoms with Gasteiger partial charge in [0.15, 0.2) is 0 Å². The number of halogens is 3. The van der Waals surface area contributed by atoms with Crippen molar-refractivity contribution < 1.29 is 4.79 Å². The lowest BCUT2D eigenvalue weighted by Crippen LogP contribution is -2.44. The number of nitrogens with zero attached hydrogens (tertiary/aromatic N) is 1. The van der Waals surface area contributed by atoms with Crippen LogP contribution < -0.4 is 0 Å². The molecule has 1 amide bonds. The van der Waals surface area contributed by atoms with Crippen molar-refractivity contribution in [1.29, 1.82) is 0 Å². The summed E-state index contributed by atoms with van der Waals surface area (Å²) in [6.45, 7) is 0. The normalized spacial score (nSPS) is 23.2. The summed E-state index contributed by atoms with van der Waals surface area (Å²) >= 11 is 12.0. The molecule has 0 N–H and O–H groups in total. The SMILES string of the molecule is CN(C(=O)c1cc(Br)ccc1I)C1CCCCC1Cl. The van der Waals surface area contributed by atoms with Gasteiger partial charge in [-0.25, -0.2) is 0 Å². The van der Waals surface area contributed by atoms with Crippen molar-refractivity contribution in [1.82, 2.24) is 4.90 Å². The van der Waals surface area contributed by atoms with Gasteiger partial charge in [0.25, 0.3) is 5.91 Å². The Kier molecular flexibility index (Phi) is 5.55. The lowest BCUT2D eigenvalue weighted by Gasteiger charge is -2.35. The molecule has 0 aliphatic heterocycles. The number of carbonyl (C=O) groups is 1. The van der Waals surface area contributed by atoms with Gasteiger partial charge < -0.3 is 4.90 Å². The smallest absolute Gasteiger partial charge is 0.255 e. The Labute approximate surface area is 141 Å². The van der Waals surface area contributed by atoms with Crippen molar-refractivity contribution >= 4 is 56.0 Å². The van der Waals surface area contributed by atoms with Crippen LogP contribution in [0.2, 0.25) is 0 Å². The third-order valence-electron chi connectivity index (χ3n) is 3.62.